The fourth-order valence-electron chi connectivity index (χ4n) is 3.00. The molecule has 2 aromatic carbocycles. The van der Waals surface area contributed by atoms with Crippen molar-refractivity contribution in [1.29, 1.82) is 0 Å². The van der Waals surface area contributed by atoms with Gasteiger partial charge in [-0.3, -0.25) is 4.99 Å². The van der Waals surface area contributed by atoms with Gasteiger partial charge in [-0.15, -0.1) is 0 Å². The molecule has 0 aliphatic rings. The van der Waals surface area contributed by atoms with Gasteiger partial charge < -0.3 is 24.8 Å². The third kappa shape index (κ3) is 5.09. The molecule has 0 aliphatic heterocycles. The van der Waals surface area contributed by atoms with Crippen molar-refractivity contribution >= 4 is 5.96 Å². The predicted molar refractivity (Wildman–Crippen MR) is 114 cm³/mol. The number of hydrogen-bond donors (Lipinski definition) is 2. The lowest BCUT2D eigenvalue weighted by Crippen LogP contribution is -2.43. The molecule has 0 bridgehead atoms. The van der Waals surface area contributed by atoms with Crippen LogP contribution in [0.4, 0.5) is 0 Å². The van der Waals surface area contributed by atoms with Crippen LogP contribution in [0.1, 0.15) is 25.0 Å². The van der Waals surface area contributed by atoms with Crippen molar-refractivity contribution in [2.24, 2.45) is 4.99 Å². The topological polar surface area (TPSA) is 64.1 Å². The average molecular weight is 386 g/mol. The second kappa shape index (κ2) is 9.88. The molecule has 0 aromatic heterocycles. The van der Waals surface area contributed by atoms with Crippen LogP contribution in [0.25, 0.3) is 0 Å². The monoisotopic (exact) mass is 385 g/mol. The van der Waals surface area contributed by atoms with Gasteiger partial charge in [0.05, 0.1) is 21.3 Å². The highest BCUT2D eigenvalue weighted by Crippen LogP contribution is 2.39. The Bertz CT molecular complexity index is 789. The van der Waals surface area contributed by atoms with E-state index in [0.29, 0.717) is 23.8 Å². The van der Waals surface area contributed by atoms with Gasteiger partial charge in [-0.2, -0.15) is 0 Å². The van der Waals surface area contributed by atoms with Crippen LogP contribution in [0.15, 0.2) is 47.5 Å². The van der Waals surface area contributed by atoms with Gasteiger partial charge >= 0.3 is 0 Å². The van der Waals surface area contributed by atoms with Crippen LogP contribution in [0.2, 0.25) is 0 Å². The number of nitrogens with zero attached hydrogens (tertiary/aromatic N) is 1. The van der Waals surface area contributed by atoms with Crippen molar-refractivity contribution in [2.75, 3.05) is 34.9 Å². The van der Waals surface area contributed by atoms with E-state index >= 15 is 0 Å². The number of benzene rings is 2. The Balaban J connectivity index is 2.05. The smallest absolute Gasteiger partial charge is 0.203 e. The zero-order valence-electron chi connectivity index (χ0n) is 17.6. The van der Waals surface area contributed by atoms with Crippen molar-refractivity contribution in [3.63, 3.8) is 0 Å². The van der Waals surface area contributed by atoms with Gasteiger partial charge in [0.2, 0.25) is 5.75 Å². The van der Waals surface area contributed by atoms with Crippen LogP contribution in [-0.4, -0.2) is 40.9 Å². The number of rotatable bonds is 8. The zero-order chi connectivity index (χ0) is 20.6. The molecule has 0 saturated carbocycles. The first-order valence-electron chi connectivity index (χ1n) is 9.24. The van der Waals surface area contributed by atoms with Crippen molar-refractivity contribution < 1.29 is 14.2 Å². The van der Waals surface area contributed by atoms with Gasteiger partial charge in [-0.05, 0) is 17.7 Å². The molecule has 0 fully saturated rings. The summed E-state index contributed by atoms with van der Waals surface area (Å²) in [5, 5.41) is 6.74. The quantitative estimate of drug-likeness (QED) is 0.539. The molecule has 0 saturated heterocycles. The van der Waals surface area contributed by atoms with E-state index in [1.807, 2.05) is 18.2 Å². The number of methoxy groups -OCH3 is 3. The number of hydrogen-bond acceptors (Lipinski definition) is 4. The van der Waals surface area contributed by atoms with Gasteiger partial charge in [0, 0.05) is 31.1 Å². The summed E-state index contributed by atoms with van der Waals surface area (Å²) < 4.78 is 16.3. The summed E-state index contributed by atoms with van der Waals surface area (Å²) in [4.78, 5) is 4.33. The molecule has 0 radical (unpaired) electrons. The first kappa shape index (κ1) is 21.4. The highest BCUT2D eigenvalue weighted by atomic mass is 16.5. The Hall–Kier alpha value is -2.89. The van der Waals surface area contributed by atoms with Crippen LogP contribution in [0.3, 0.4) is 0 Å². The summed E-state index contributed by atoms with van der Waals surface area (Å²) >= 11 is 0. The second-order valence-electron chi connectivity index (χ2n) is 7.02. The van der Waals surface area contributed by atoms with E-state index in [9.17, 15) is 0 Å². The highest BCUT2D eigenvalue weighted by molar-refractivity contribution is 5.80. The van der Waals surface area contributed by atoms with Gasteiger partial charge in [-0.25, -0.2) is 0 Å². The standard InChI is InChI=1S/C22H31N3O3/c1-22(2,17-10-8-7-9-11-17)15-25-21(23-3)24-14-16-12-13-18(26-4)20(28-6)19(16)27-5/h7-13H,14-15H2,1-6H3,(H2,23,24,25). The van der Waals surface area contributed by atoms with E-state index in [4.69, 9.17) is 14.2 Å². The molecule has 2 aromatic rings. The summed E-state index contributed by atoms with van der Waals surface area (Å²) in [6.45, 7) is 5.70. The summed E-state index contributed by atoms with van der Waals surface area (Å²) in [6.07, 6.45) is 0. The Morgan fingerprint density at radius 1 is 0.893 bits per heavy atom. The molecule has 6 nitrogen and oxygen atoms in total. The zero-order valence-corrected chi connectivity index (χ0v) is 17.6. The summed E-state index contributed by atoms with van der Waals surface area (Å²) in [6, 6.07) is 14.3. The van der Waals surface area contributed by atoms with Gasteiger partial charge in [-0.1, -0.05) is 44.2 Å². The van der Waals surface area contributed by atoms with Crippen LogP contribution < -0.4 is 24.8 Å². The molecule has 0 unspecified atom stereocenters. The molecule has 0 heterocycles. The predicted octanol–water partition coefficient (Wildman–Crippen LogP) is 3.36. The first-order valence-corrected chi connectivity index (χ1v) is 9.24. The summed E-state index contributed by atoms with van der Waals surface area (Å²) in [7, 11) is 6.59. The van der Waals surface area contributed by atoms with E-state index in [1.54, 1.807) is 28.4 Å². The number of aliphatic imine (C=N–C) groups is 1. The molecule has 0 aliphatic carbocycles. The lowest BCUT2D eigenvalue weighted by Gasteiger charge is -2.27. The maximum Gasteiger partial charge on any atom is 0.203 e. The van der Waals surface area contributed by atoms with Crippen molar-refractivity contribution in [1.82, 2.24) is 10.6 Å². The van der Waals surface area contributed by atoms with E-state index in [0.717, 1.165) is 18.1 Å². The van der Waals surface area contributed by atoms with E-state index in [1.165, 1.54) is 5.56 Å². The fourth-order valence-corrected chi connectivity index (χ4v) is 3.00. The van der Waals surface area contributed by atoms with Crippen molar-refractivity contribution in [3.05, 3.63) is 53.6 Å². The van der Waals surface area contributed by atoms with E-state index in [-0.39, 0.29) is 5.41 Å². The second-order valence-corrected chi connectivity index (χ2v) is 7.02. The molecule has 152 valence electrons. The minimum atomic E-state index is -0.0279. The van der Waals surface area contributed by atoms with Gasteiger partial charge in [0.15, 0.2) is 17.5 Å². The molecular weight excluding hydrogens is 354 g/mol. The molecule has 2 N–H and O–H groups in total. The minimum Gasteiger partial charge on any atom is -0.493 e. The molecule has 0 amide bonds. The van der Waals surface area contributed by atoms with Crippen LogP contribution in [0, 0.1) is 0 Å². The van der Waals surface area contributed by atoms with Crippen LogP contribution in [0.5, 0.6) is 17.2 Å². The molecule has 0 spiro atoms. The Kier molecular flexibility index (Phi) is 7.55. The SMILES string of the molecule is CN=C(NCc1ccc(OC)c(OC)c1OC)NCC(C)(C)c1ccccc1. The largest absolute Gasteiger partial charge is 0.493 e. The lowest BCUT2D eigenvalue weighted by molar-refractivity contribution is 0.322. The third-order valence-electron chi connectivity index (χ3n) is 4.71. The third-order valence-corrected chi connectivity index (χ3v) is 4.71. The molecule has 2 rings (SSSR count). The van der Waals surface area contributed by atoms with E-state index in [2.05, 4.69) is 53.7 Å². The number of ether oxygens (including phenoxy) is 3. The average Bonchev–Trinajstić information content (AvgIpc) is 2.73. The van der Waals surface area contributed by atoms with Crippen molar-refractivity contribution in [3.8, 4) is 17.2 Å². The highest BCUT2D eigenvalue weighted by Gasteiger charge is 2.21. The summed E-state index contributed by atoms with van der Waals surface area (Å²) in [5.74, 6) is 2.59. The normalized spacial score (nSPS) is 11.7. The molecular formula is C22H31N3O3. The number of nitrogens with one attached hydrogen (secondary N) is 2. The van der Waals surface area contributed by atoms with Gasteiger partial charge in [0.1, 0.15) is 0 Å². The fraction of sp³-hybridized carbons (Fsp3) is 0.409. The lowest BCUT2D eigenvalue weighted by atomic mass is 9.85. The molecule has 28 heavy (non-hydrogen) atoms. The summed E-state index contributed by atoms with van der Waals surface area (Å²) in [5.41, 5.74) is 2.20. The van der Waals surface area contributed by atoms with Gasteiger partial charge in [0.25, 0.3) is 0 Å². The maximum atomic E-state index is 5.54. The minimum absolute atomic E-state index is 0.0279. The van der Waals surface area contributed by atoms with E-state index < -0.39 is 0 Å². The Morgan fingerprint density at radius 3 is 2.14 bits per heavy atom. The molecule has 6 heteroatoms. The number of guanidine groups is 1. The van der Waals surface area contributed by atoms with Crippen LogP contribution >= 0.6 is 0 Å². The van der Waals surface area contributed by atoms with Crippen molar-refractivity contribution in [2.45, 2.75) is 25.8 Å². The Morgan fingerprint density at radius 2 is 1.57 bits per heavy atom. The Labute approximate surface area is 167 Å². The first-order chi connectivity index (χ1) is 13.5. The van der Waals surface area contributed by atoms with Crippen LogP contribution in [-0.2, 0) is 12.0 Å². The molecule has 0 atom stereocenters. The maximum absolute atomic E-state index is 5.54.